The molecule has 1 unspecified atom stereocenters. The Hall–Kier alpha value is -2.41. The fraction of sp³-hybridized carbons (Fsp3) is 0.250. The molecular weight excluding hydrogens is 309 g/mol. The zero-order valence-electron chi connectivity index (χ0n) is 12.3. The highest BCUT2D eigenvalue weighted by Gasteiger charge is 2.35. The number of nitrogens with zero attached hydrogens (tertiary/aromatic N) is 1. The number of pyridine rings is 1. The number of hydrogen-bond acceptors (Lipinski definition) is 3. The maximum Gasteiger partial charge on any atom is 0.416 e. The molecule has 7 heteroatoms. The molecule has 0 bridgehead atoms. The number of hydrogen-bond donors (Lipinski definition) is 2. The van der Waals surface area contributed by atoms with Crippen molar-refractivity contribution in [2.45, 2.75) is 19.1 Å². The Kier molecular flexibility index (Phi) is 5.00. The van der Waals surface area contributed by atoms with Gasteiger partial charge in [0.1, 0.15) is 0 Å². The minimum atomic E-state index is -4.57. The zero-order chi connectivity index (χ0) is 17.0. The number of amides is 1. The Morgan fingerprint density at radius 1 is 1.26 bits per heavy atom. The zero-order valence-corrected chi connectivity index (χ0v) is 12.3. The summed E-state index contributed by atoms with van der Waals surface area (Å²) in [6, 6.07) is 6.80. The minimum Gasteiger partial charge on any atom is -0.394 e. The summed E-state index contributed by atoms with van der Waals surface area (Å²) in [7, 11) is 0. The fourth-order valence-corrected chi connectivity index (χ4v) is 2.12. The molecule has 2 rings (SSSR count). The number of halogens is 3. The van der Waals surface area contributed by atoms with Gasteiger partial charge in [-0.05, 0) is 30.7 Å². The SMILES string of the molecule is Cc1ccc(C(=O)NC(CO)c2ccccc2C(F)(F)F)cn1. The lowest BCUT2D eigenvalue weighted by Crippen LogP contribution is -2.32. The molecule has 0 aliphatic carbocycles. The molecule has 0 radical (unpaired) electrons. The Labute approximate surface area is 131 Å². The lowest BCUT2D eigenvalue weighted by atomic mass is 10.00. The summed E-state index contributed by atoms with van der Waals surface area (Å²) in [4.78, 5) is 16.1. The molecule has 0 saturated heterocycles. The van der Waals surface area contributed by atoms with Gasteiger partial charge in [0.25, 0.3) is 5.91 Å². The lowest BCUT2D eigenvalue weighted by molar-refractivity contribution is -0.138. The van der Waals surface area contributed by atoms with Crippen molar-refractivity contribution in [1.82, 2.24) is 10.3 Å². The molecule has 1 aromatic heterocycles. The molecule has 0 aliphatic rings. The van der Waals surface area contributed by atoms with E-state index in [1.54, 1.807) is 13.0 Å². The Bertz CT molecular complexity index is 684. The highest BCUT2D eigenvalue weighted by Crippen LogP contribution is 2.34. The van der Waals surface area contributed by atoms with Gasteiger partial charge in [-0.15, -0.1) is 0 Å². The number of aliphatic hydroxyl groups is 1. The normalized spacial score (nSPS) is 12.7. The van der Waals surface area contributed by atoms with Crippen LogP contribution in [0.1, 0.15) is 33.2 Å². The van der Waals surface area contributed by atoms with E-state index in [0.29, 0.717) is 5.69 Å². The number of alkyl halides is 3. The Morgan fingerprint density at radius 2 is 1.96 bits per heavy atom. The van der Waals surface area contributed by atoms with Crippen molar-refractivity contribution in [1.29, 1.82) is 0 Å². The first-order valence-electron chi connectivity index (χ1n) is 6.83. The van der Waals surface area contributed by atoms with E-state index in [4.69, 9.17) is 0 Å². The van der Waals surface area contributed by atoms with Crippen molar-refractivity contribution in [3.05, 3.63) is 65.0 Å². The number of rotatable bonds is 4. The van der Waals surface area contributed by atoms with E-state index in [1.165, 1.54) is 30.5 Å². The van der Waals surface area contributed by atoms with Crippen molar-refractivity contribution < 1.29 is 23.1 Å². The molecular formula is C16H15F3N2O2. The van der Waals surface area contributed by atoms with Gasteiger partial charge in [-0.3, -0.25) is 9.78 Å². The van der Waals surface area contributed by atoms with Gasteiger partial charge in [-0.1, -0.05) is 18.2 Å². The Morgan fingerprint density at radius 3 is 2.52 bits per heavy atom. The van der Waals surface area contributed by atoms with E-state index >= 15 is 0 Å². The molecule has 0 spiro atoms. The van der Waals surface area contributed by atoms with E-state index < -0.39 is 30.3 Å². The second-order valence-electron chi connectivity index (χ2n) is 4.98. The lowest BCUT2D eigenvalue weighted by Gasteiger charge is -2.21. The third kappa shape index (κ3) is 4.07. The van der Waals surface area contributed by atoms with Crippen LogP contribution in [0.4, 0.5) is 13.2 Å². The third-order valence-electron chi connectivity index (χ3n) is 3.30. The highest BCUT2D eigenvalue weighted by atomic mass is 19.4. The number of carbonyl (C=O) groups is 1. The number of aryl methyl sites for hydroxylation is 1. The molecule has 1 aromatic carbocycles. The van der Waals surface area contributed by atoms with Gasteiger partial charge in [-0.2, -0.15) is 13.2 Å². The molecule has 122 valence electrons. The van der Waals surface area contributed by atoms with Gasteiger partial charge >= 0.3 is 6.18 Å². The summed E-state index contributed by atoms with van der Waals surface area (Å²) in [6.07, 6.45) is -3.24. The van der Waals surface area contributed by atoms with Crippen molar-refractivity contribution in [3.8, 4) is 0 Å². The standard InChI is InChI=1S/C16H15F3N2O2/c1-10-6-7-11(8-20-10)15(23)21-14(9-22)12-4-2-3-5-13(12)16(17,18)19/h2-8,14,22H,9H2,1H3,(H,21,23). The first-order valence-corrected chi connectivity index (χ1v) is 6.83. The summed E-state index contributed by atoms with van der Waals surface area (Å²) in [5, 5.41) is 11.8. The van der Waals surface area contributed by atoms with Gasteiger partial charge in [-0.25, -0.2) is 0 Å². The van der Waals surface area contributed by atoms with Crippen LogP contribution in [0.3, 0.4) is 0 Å². The second kappa shape index (κ2) is 6.78. The van der Waals surface area contributed by atoms with Crippen molar-refractivity contribution >= 4 is 5.91 Å². The maximum atomic E-state index is 13.0. The minimum absolute atomic E-state index is 0.184. The number of benzene rings is 1. The monoisotopic (exact) mass is 324 g/mol. The topological polar surface area (TPSA) is 62.2 Å². The summed E-state index contributed by atoms with van der Waals surface area (Å²) < 4.78 is 39.1. The smallest absolute Gasteiger partial charge is 0.394 e. The van der Waals surface area contributed by atoms with Crippen LogP contribution in [0.15, 0.2) is 42.6 Å². The molecule has 1 atom stereocenters. The number of aromatic nitrogens is 1. The van der Waals surface area contributed by atoms with Crippen LogP contribution in [0.25, 0.3) is 0 Å². The molecule has 1 heterocycles. The van der Waals surface area contributed by atoms with E-state index in [9.17, 15) is 23.1 Å². The predicted octanol–water partition coefficient (Wildman–Crippen LogP) is 2.87. The van der Waals surface area contributed by atoms with Crippen molar-refractivity contribution in [2.75, 3.05) is 6.61 Å². The van der Waals surface area contributed by atoms with Crippen molar-refractivity contribution in [3.63, 3.8) is 0 Å². The molecule has 0 fully saturated rings. The van der Waals surface area contributed by atoms with Gasteiger partial charge in [0.15, 0.2) is 0 Å². The van der Waals surface area contributed by atoms with Gasteiger partial charge in [0.2, 0.25) is 0 Å². The van der Waals surface area contributed by atoms with Crippen LogP contribution in [0.2, 0.25) is 0 Å². The molecule has 4 nitrogen and oxygen atoms in total. The molecule has 1 amide bonds. The molecule has 2 N–H and O–H groups in total. The van der Waals surface area contributed by atoms with Crippen LogP contribution < -0.4 is 5.32 Å². The largest absolute Gasteiger partial charge is 0.416 e. The fourth-order valence-electron chi connectivity index (χ4n) is 2.12. The van der Waals surface area contributed by atoms with E-state index in [0.717, 1.165) is 6.07 Å². The molecule has 0 saturated carbocycles. The summed E-state index contributed by atoms with van der Waals surface area (Å²) in [5.41, 5.74) is -0.154. The Balaban J connectivity index is 2.27. The van der Waals surface area contributed by atoms with Gasteiger partial charge in [0.05, 0.1) is 23.8 Å². The summed E-state index contributed by atoms with van der Waals surface area (Å²) in [5.74, 6) is -0.603. The average Bonchev–Trinajstić information content (AvgIpc) is 2.52. The van der Waals surface area contributed by atoms with Gasteiger partial charge < -0.3 is 10.4 Å². The van der Waals surface area contributed by atoms with E-state index in [1.807, 2.05) is 0 Å². The number of carbonyl (C=O) groups excluding carboxylic acids is 1. The van der Waals surface area contributed by atoms with Crippen LogP contribution in [-0.2, 0) is 6.18 Å². The maximum absolute atomic E-state index is 13.0. The first-order chi connectivity index (χ1) is 10.8. The average molecular weight is 324 g/mol. The molecule has 23 heavy (non-hydrogen) atoms. The molecule has 0 aliphatic heterocycles. The third-order valence-corrected chi connectivity index (χ3v) is 3.30. The van der Waals surface area contributed by atoms with Crippen LogP contribution in [0.5, 0.6) is 0 Å². The molecule has 2 aromatic rings. The highest BCUT2D eigenvalue weighted by molar-refractivity contribution is 5.94. The van der Waals surface area contributed by atoms with Crippen LogP contribution >= 0.6 is 0 Å². The number of nitrogens with one attached hydrogen (secondary N) is 1. The van der Waals surface area contributed by atoms with Crippen LogP contribution in [-0.4, -0.2) is 22.6 Å². The first kappa shape index (κ1) is 17.0. The predicted molar refractivity (Wildman–Crippen MR) is 77.7 cm³/mol. The van der Waals surface area contributed by atoms with Crippen molar-refractivity contribution in [2.24, 2.45) is 0 Å². The van der Waals surface area contributed by atoms with Crippen LogP contribution in [0, 0.1) is 6.92 Å². The van der Waals surface area contributed by atoms with E-state index in [2.05, 4.69) is 10.3 Å². The summed E-state index contributed by atoms with van der Waals surface area (Å²) in [6.45, 7) is 1.09. The second-order valence-corrected chi connectivity index (χ2v) is 4.98. The quantitative estimate of drug-likeness (QED) is 0.909. The van der Waals surface area contributed by atoms with Gasteiger partial charge in [0, 0.05) is 11.9 Å². The summed E-state index contributed by atoms with van der Waals surface area (Å²) >= 11 is 0. The van der Waals surface area contributed by atoms with E-state index in [-0.39, 0.29) is 11.1 Å². The number of aliphatic hydroxyl groups excluding tert-OH is 1.